The molecule has 6 nitrogen and oxygen atoms in total. The second-order valence-electron chi connectivity index (χ2n) is 6.84. The molecule has 2 rings (SSSR count). The lowest BCUT2D eigenvalue weighted by atomic mass is 9.97. The second-order valence-corrected chi connectivity index (χ2v) is 6.84. The van der Waals surface area contributed by atoms with E-state index in [0.29, 0.717) is 44.6 Å². The van der Waals surface area contributed by atoms with Gasteiger partial charge in [0.25, 0.3) is 0 Å². The molecular weight excluding hydrogens is 514 g/mol. The minimum Gasteiger partial charge on any atom is -0.466 e. The third-order valence-electron chi connectivity index (χ3n) is 4.60. The SMILES string of the molecule is CCOC(=O)C1CCN(C(=NC)NCc2cccc(COCC(F)(F)F)c2)CC1.I. The Labute approximate surface area is 192 Å². The number of hydrogen-bond acceptors (Lipinski definition) is 4. The summed E-state index contributed by atoms with van der Waals surface area (Å²) in [6.45, 7) is 2.73. The summed E-state index contributed by atoms with van der Waals surface area (Å²) in [4.78, 5) is 18.2. The zero-order valence-corrected chi connectivity index (χ0v) is 19.5. The van der Waals surface area contributed by atoms with E-state index in [4.69, 9.17) is 9.47 Å². The topological polar surface area (TPSA) is 63.2 Å². The molecule has 1 fully saturated rings. The Morgan fingerprint density at radius 3 is 2.53 bits per heavy atom. The van der Waals surface area contributed by atoms with E-state index in [1.807, 2.05) is 12.1 Å². The molecule has 1 saturated heterocycles. The Morgan fingerprint density at radius 2 is 1.93 bits per heavy atom. The Kier molecular flexibility index (Phi) is 11.5. The largest absolute Gasteiger partial charge is 0.466 e. The first kappa shape index (κ1) is 26.5. The van der Waals surface area contributed by atoms with E-state index in [9.17, 15) is 18.0 Å². The monoisotopic (exact) mass is 543 g/mol. The van der Waals surface area contributed by atoms with Crippen molar-refractivity contribution in [2.45, 2.75) is 39.1 Å². The van der Waals surface area contributed by atoms with Crippen molar-refractivity contribution >= 4 is 35.9 Å². The number of rotatable bonds is 7. The number of hydrogen-bond donors (Lipinski definition) is 1. The highest BCUT2D eigenvalue weighted by Gasteiger charge is 2.28. The van der Waals surface area contributed by atoms with Crippen LogP contribution in [0, 0.1) is 5.92 Å². The summed E-state index contributed by atoms with van der Waals surface area (Å²) in [6, 6.07) is 7.22. The summed E-state index contributed by atoms with van der Waals surface area (Å²) in [5, 5.41) is 3.27. The van der Waals surface area contributed by atoms with Crippen LogP contribution in [0.1, 0.15) is 30.9 Å². The molecule has 1 N–H and O–H groups in total. The lowest BCUT2D eigenvalue weighted by molar-refractivity contribution is -0.176. The summed E-state index contributed by atoms with van der Waals surface area (Å²) < 4.78 is 46.4. The molecule has 0 aromatic heterocycles. The fraction of sp³-hybridized carbons (Fsp3) is 0.600. The van der Waals surface area contributed by atoms with Crippen LogP contribution in [0.15, 0.2) is 29.3 Å². The lowest BCUT2D eigenvalue weighted by Gasteiger charge is -2.33. The highest BCUT2D eigenvalue weighted by molar-refractivity contribution is 14.0. The van der Waals surface area contributed by atoms with Crippen LogP contribution in [0.3, 0.4) is 0 Å². The van der Waals surface area contributed by atoms with Gasteiger partial charge in [0.2, 0.25) is 0 Å². The van der Waals surface area contributed by atoms with E-state index >= 15 is 0 Å². The molecule has 0 amide bonds. The number of guanidine groups is 1. The molecule has 1 aliphatic rings. The fourth-order valence-corrected chi connectivity index (χ4v) is 3.21. The number of carbonyl (C=O) groups excluding carboxylic acids is 1. The maximum atomic E-state index is 12.2. The number of ether oxygens (including phenoxy) is 2. The summed E-state index contributed by atoms with van der Waals surface area (Å²) in [7, 11) is 1.70. The number of nitrogens with one attached hydrogen (secondary N) is 1. The van der Waals surface area contributed by atoms with Crippen LogP contribution in [0.25, 0.3) is 0 Å². The Bertz CT molecular complexity index is 693. The number of likely N-dealkylation sites (tertiary alicyclic amines) is 1. The van der Waals surface area contributed by atoms with Crippen molar-refractivity contribution in [3.63, 3.8) is 0 Å². The quantitative estimate of drug-likeness (QED) is 0.246. The molecule has 1 aliphatic heterocycles. The van der Waals surface area contributed by atoms with Crippen LogP contribution in [0.5, 0.6) is 0 Å². The molecule has 0 saturated carbocycles. The van der Waals surface area contributed by atoms with Gasteiger partial charge in [0, 0.05) is 26.7 Å². The van der Waals surface area contributed by atoms with Gasteiger partial charge in [-0.05, 0) is 30.9 Å². The zero-order valence-electron chi connectivity index (χ0n) is 17.2. The lowest BCUT2D eigenvalue weighted by Crippen LogP contribution is -2.46. The Hall–Kier alpha value is -1.56. The summed E-state index contributed by atoms with van der Waals surface area (Å²) in [6.07, 6.45) is -2.90. The van der Waals surface area contributed by atoms with Gasteiger partial charge in [-0.1, -0.05) is 24.3 Å². The maximum absolute atomic E-state index is 12.2. The van der Waals surface area contributed by atoms with E-state index in [-0.39, 0.29) is 42.5 Å². The van der Waals surface area contributed by atoms with E-state index in [1.54, 1.807) is 26.1 Å². The smallest absolute Gasteiger partial charge is 0.411 e. The molecule has 0 atom stereocenters. The zero-order chi connectivity index (χ0) is 21.3. The molecule has 0 unspecified atom stereocenters. The molecule has 1 aromatic rings. The molecule has 0 spiro atoms. The molecule has 170 valence electrons. The number of alkyl halides is 3. The van der Waals surface area contributed by atoms with Crippen molar-refractivity contribution in [2.24, 2.45) is 10.9 Å². The van der Waals surface area contributed by atoms with Crippen molar-refractivity contribution in [1.29, 1.82) is 0 Å². The van der Waals surface area contributed by atoms with E-state index < -0.39 is 12.8 Å². The molecular formula is C20H29F3IN3O3. The predicted molar refractivity (Wildman–Crippen MR) is 119 cm³/mol. The number of benzene rings is 1. The number of carbonyl (C=O) groups is 1. The van der Waals surface area contributed by atoms with Crippen LogP contribution >= 0.6 is 24.0 Å². The molecule has 0 aliphatic carbocycles. The average molecular weight is 543 g/mol. The molecule has 1 heterocycles. The first-order valence-electron chi connectivity index (χ1n) is 9.67. The van der Waals surface area contributed by atoms with Gasteiger partial charge in [0.05, 0.1) is 19.1 Å². The van der Waals surface area contributed by atoms with Gasteiger partial charge in [-0.3, -0.25) is 9.79 Å². The van der Waals surface area contributed by atoms with Gasteiger partial charge in [0.1, 0.15) is 6.61 Å². The first-order chi connectivity index (χ1) is 13.8. The summed E-state index contributed by atoms with van der Waals surface area (Å²) in [5.74, 6) is 0.517. The average Bonchev–Trinajstić information content (AvgIpc) is 2.68. The van der Waals surface area contributed by atoms with Gasteiger partial charge in [0.15, 0.2) is 5.96 Å². The van der Waals surface area contributed by atoms with Crippen molar-refractivity contribution in [1.82, 2.24) is 10.2 Å². The van der Waals surface area contributed by atoms with E-state index in [0.717, 1.165) is 11.5 Å². The predicted octanol–water partition coefficient (Wildman–Crippen LogP) is 3.73. The van der Waals surface area contributed by atoms with Gasteiger partial charge >= 0.3 is 12.1 Å². The van der Waals surface area contributed by atoms with Gasteiger partial charge in [-0.25, -0.2) is 0 Å². The fourth-order valence-electron chi connectivity index (χ4n) is 3.21. The maximum Gasteiger partial charge on any atom is 0.411 e. The van der Waals surface area contributed by atoms with Crippen molar-refractivity contribution < 1.29 is 27.4 Å². The molecule has 0 bridgehead atoms. The van der Waals surface area contributed by atoms with Gasteiger partial charge in [-0.15, -0.1) is 24.0 Å². The van der Waals surface area contributed by atoms with Crippen LogP contribution in [0.2, 0.25) is 0 Å². The van der Waals surface area contributed by atoms with E-state index in [2.05, 4.69) is 15.2 Å². The standard InChI is InChI=1S/C20H28F3N3O3.HI/c1-3-29-18(27)17-7-9-26(10-8-17)19(24-2)25-12-15-5-4-6-16(11-15)13-28-14-20(21,22)23;/h4-6,11,17H,3,7-10,12-14H2,1-2H3,(H,24,25);1H. The molecule has 30 heavy (non-hydrogen) atoms. The summed E-state index contributed by atoms with van der Waals surface area (Å²) in [5.41, 5.74) is 1.60. The Morgan fingerprint density at radius 1 is 1.27 bits per heavy atom. The van der Waals surface area contributed by atoms with Crippen LogP contribution < -0.4 is 5.32 Å². The second kappa shape index (κ2) is 13.0. The van der Waals surface area contributed by atoms with Crippen molar-refractivity contribution in [3.8, 4) is 0 Å². The van der Waals surface area contributed by atoms with Crippen LogP contribution in [-0.4, -0.2) is 56.4 Å². The number of halogens is 4. The van der Waals surface area contributed by atoms with Gasteiger partial charge < -0.3 is 19.7 Å². The minimum atomic E-state index is -4.33. The highest BCUT2D eigenvalue weighted by Crippen LogP contribution is 2.19. The molecule has 1 aromatic carbocycles. The Balaban J connectivity index is 0.00000450. The molecule has 10 heteroatoms. The third kappa shape index (κ3) is 9.07. The molecule has 0 radical (unpaired) electrons. The normalized spacial score (nSPS) is 15.5. The van der Waals surface area contributed by atoms with Crippen LogP contribution in [0.4, 0.5) is 13.2 Å². The third-order valence-corrected chi connectivity index (χ3v) is 4.60. The van der Waals surface area contributed by atoms with Gasteiger partial charge in [-0.2, -0.15) is 13.2 Å². The number of piperidine rings is 1. The first-order valence-corrected chi connectivity index (χ1v) is 9.67. The number of aliphatic imine (C=N–C) groups is 1. The number of esters is 1. The number of nitrogens with zero attached hydrogens (tertiary/aromatic N) is 2. The van der Waals surface area contributed by atoms with E-state index in [1.165, 1.54) is 0 Å². The van der Waals surface area contributed by atoms with Crippen LogP contribution in [-0.2, 0) is 27.4 Å². The van der Waals surface area contributed by atoms with Crippen molar-refractivity contribution in [2.75, 3.05) is 33.4 Å². The minimum absolute atomic E-state index is 0. The highest BCUT2D eigenvalue weighted by atomic mass is 127. The summed E-state index contributed by atoms with van der Waals surface area (Å²) >= 11 is 0. The van der Waals surface area contributed by atoms with Crippen molar-refractivity contribution in [3.05, 3.63) is 35.4 Å².